The van der Waals surface area contributed by atoms with Crippen LogP contribution < -0.4 is 0 Å². The summed E-state index contributed by atoms with van der Waals surface area (Å²) in [6.45, 7) is 6.91. The fraction of sp³-hybridized carbons (Fsp3) is 0.143. The number of hydrogen-bond donors (Lipinski definition) is 0. The molecule has 0 unspecified atom stereocenters. The Kier molecular flexibility index (Phi) is 3.21. The molecule has 1 aromatic heterocycles. The highest BCUT2D eigenvalue weighted by Gasteiger charge is 2.36. The fourth-order valence-electron chi connectivity index (χ4n) is 5.17. The Labute approximate surface area is 171 Å². The summed E-state index contributed by atoms with van der Waals surface area (Å²) >= 11 is 0. The van der Waals surface area contributed by atoms with Crippen LogP contribution in [0.5, 0.6) is 0 Å². The summed E-state index contributed by atoms with van der Waals surface area (Å²) in [5, 5.41) is 2.64. The number of aromatic nitrogens is 1. The minimum absolute atomic E-state index is 0.00283. The zero-order chi connectivity index (χ0) is 19.8. The molecule has 29 heavy (non-hydrogen) atoms. The van der Waals surface area contributed by atoms with Crippen LogP contribution in [-0.4, -0.2) is 4.57 Å². The normalized spacial score (nSPS) is 14.3. The van der Waals surface area contributed by atoms with Crippen LogP contribution in [0.1, 0.15) is 30.5 Å². The van der Waals surface area contributed by atoms with Crippen LogP contribution in [-0.2, 0) is 5.41 Å². The highest BCUT2D eigenvalue weighted by molar-refractivity contribution is 6.11. The molecule has 0 aliphatic heterocycles. The van der Waals surface area contributed by atoms with Crippen molar-refractivity contribution in [3.05, 3.63) is 102 Å². The number of fused-ring (bicyclic) bond motifs is 6. The van der Waals surface area contributed by atoms with E-state index in [2.05, 4.69) is 110 Å². The Morgan fingerprint density at radius 2 is 1.34 bits per heavy atom. The minimum Gasteiger partial charge on any atom is -0.309 e. The van der Waals surface area contributed by atoms with Crippen molar-refractivity contribution >= 4 is 21.8 Å². The van der Waals surface area contributed by atoms with Gasteiger partial charge in [-0.1, -0.05) is 74.0 Å². The fourth-order valence-corrected chi connectivity index (χ4v) is 5.17. The van der Waals surface area contributed by atoms with E-state index in [9.17, 15) is 0 Å². The molecule has 1 nitrogen and oxygen atoms in total. The Hall–Kier alpha value is -3.32. The van der Waals surface area contributed by atoms with Gasteiger partial charge < -0.3 is 4.57 Å². The SMILES string of the molecule is Cc1ccc2c(c1)C(C)(C)c1cc3c(cc1-2)c1ccccc1n3-c1ccccc1. The van der Waals surface area contributed by atoms with Gasteiger partial charge in [0.2, 0.25) is 0 Å². The number of benzene rings is 4. The molecule has 0 fully saturated rings. The predicted molar refractivity (Wildman–Crippen MR) is 123 cm³/mol. The molecule has 0 spiro atoms. The molecule has 0 bridgehead atoms. The molecule has 6 rings (SSSR count). The first kappa shape index (κ1) is 16.6. The van der Waals surface area contributed by atoms with Crippen molar-refractivity contribution in [2.45, 2.75) is 26.2 Å². The maximum Gasteiger partial charge on any atom is 0.0544 e. The van der Waals surface area contributed by atoms with Crippen LogP contribution in [0.4, 0.5) is 0 Å². The average molecular weight is 373 g/mol. The van der Waals surface area contributed by atoms with Crippen molar-refractivity contribution < 1.29 is 0 Å². The lowest BCUT2D eigenvalue weighted by Gasteiger charge is -2.22. The molecule has 1 heterocycles. The maximum atomic E-state index is 2.44. The van der Waals surface area contributed by atoms with Gasteiger partial charge in [0, 0.05) is 21.9 Å². The smallest absolute Gasteiger partial charge is 0.0544 e. The Morgan fingerprint density at radius 3 is 2.17 bits per heavy atom. The third-order valence-electron chi connectivity index (χ3n) is 6.64. The second-order valence-corrected chi connectivity index (χ2v) is 8.78. The summed E-state index contributed by atoms with van der Waals surface area (Å²) in [6, 6.07) is 31.2. The van der Waals surface area contributed by atoms with Crippen molar-refractivity contribution in [2.75, 3.05) is 0 Å². The monoisotopic (exact) mass is 373 g/mol. The summed E-state index contributed by atoms with van der Waals surface area (Å²) in [7, 11) is 0. The second kappa shape index (κ2) is 5.61. The van der Waals surface area contributed by atoms with E-state index < -0.39 is 0 Å². The molecule has 0 atom stereocenters. The van der Waals surface area contributed by atoms with Crippen LogP contribution in [0.15, 0.2) is 84.9 Å². The van der Waals surface area contributed by atoms with Gasteiger partial charge >= 0.3 is 0 Å². The van der Waals surface area contributed by atoms with E-state index >= 15 is 0 Å². The molecule has 5 aromatic rings. The van der Waals surface area contributed by atoms with Gasteiger partial charge in [0.15, 0.2) is 0 Å². The molecule has 0 saturated heterocycles. The van der Waals surface area contributed by atoms with Crippen LogP contribution in [0.25, 0.3) is 38.6 Å². The third kappa shape index (κ3) is 2.16. The maximum absolute atomic E-state index is 2.44. The first-order valence-corrected chi connectivity index (χ1v) is 10.3. The van der Waals surface area contributed by atoms with E-state index in [0.717, 1.165) is 0 Å². The summed E-state index contributed by atoms with van der Waals surface area (Å²) in [4.78, 5) is 0. The lowest BCUT2D eigenvalue weighted by Crippen LogP contribution is -2.15. The number of aryl methyl sites for hydroxylation is 1. The Balaban J connectivity index is 1.77. The zero-order valence-corrected chi connectivity index (χ0v) is 17.0. The van der Waals surface area contributed by atoms with Crippen LogP contribution >= 0.6 is 0 Å². The molecule has 1 aliphatic rings. The molecule has 140 valence electrons. The number of hydrogen-bond acceptors (Lipinski definition) is 0. The minimum atomic E-state index is 0.00283. The quantitative estimate of drug-likeness (QED) is 0.288. The molecule has 1 aliphatic carbocycles. The summed E-state index contributed by atoms with van der Waals surface area (Å²) in [5.41, 5.74) is 10.7. The first-order chi connectivity index (χ1) is 14.1. The van der Waals surface area contributed by atoms with Crippen molar-refractivity contribution in [3.63, 3.8) is 0 Å². The molecule has 1 heteroatoms. The molecule has 0 radical (unpaired) electrons. The predicted octanol–water partition coefficient (Wildman–Crippen LogP) is 7.40. The van der Waals surface area contributed by atoms with Crippen LogP contribution in [0, 0.1) is 6.92 Å². The molecular weight excluding hydrogens is 350 g/mol. The van der Waals surface area contributed by atoms with Gasteiger partial charge in [-0.25, -0.2) is 0 Å². The zero-order valence-electron chi connectivity index (χ0n) is 17.0. The lowest BCUT2D eigenvalue weighted by molar-refractivity contribution is 0.660. The van der Waals surface area contributed by atoms with Crippen molar-refractivity contribution in [2.24, 2.45) is 0 Å². The second-order valence-electron chi connectivity index (χ2n) is 8.78. The van der Waals surface area contributed by atoms with E-state index in [1.54, 1.807) is 0 Å². The molecule has 4 aromatic carbocycles. The van der Waals surface area contributed by atoms with E-state index in [1.807, 2.05) is 0 Å². The van der Waals surface area contributed by atoms with Crippen molar-refractivity contribution in [1.82, 2.24) is 4.57 Å². The number of rotatable bonds is 1. The molecule has 0 amide bonds. The van der Waals surface area contributed by atoms with E-state index in [1.165, 1.54) is 55.3 Å². The summed E-state index contributed by atoms with van der Waals surface area (Å²) in [5.74, 6) is 0. The topological polar surface area (TPSA) is 4.93 Å². The van der Waals surface area contributed by atoms with E-state index in [-0.39, 0.29) is 5.41 Å². The van der Waals surface area contributed by atoms with Gasteiger partial charge in [-0.05, 0) is 59.5 Å². The highest BCUT2D eigenvalue weighted by atomic mass is 15.0. The third-order valence-corrected chi connectivity index (χ3v) is 6.64. The van der Waals surface area contributed by atoms with E-state index in [4.69, 9.17) is 0 Å². The van der Waals surface area contributed by atoms with Gasteiger partial charge in [-0.2, -0.15) is 0 Å². The number of nitrogens with zero attached hydrogens (tertiary/aromatic N) is 1. The summed E-state index contributed by atoms with van der Waals surface area (Å²) < 4.78 is 2.41. The average Bonchev–Trinajstić information content (AvgIpc) is 3.17. The van der Waals surface area contributed by atoms with Crippen LogP contribution in [0.2, 0.25) is 0 Å². The largest absolute Gasteiger partial charge is 0.309 e. The first-order valence-electron chi connectivity index (χ1n) is 10.3. The Morgan fingerprint density at radius 1 is 0.621 bits per heavy atom. The standard InChI is InChI=1S/C28H23N/c1-18-13-14-20-22-16-23-21-11-7-8-12-26(21)29(19-9-5-4-6-10-19)27(23)17-25(22)28(2,3)24(20)15-18/h4-17H,1-3H3. The number of para-hydroxylation sites is 2. The van der Waals surface area contributed by atoms with E-state index in [0.29, 0.717) is 0 Å². The Bertz CT molecular complexity index is 1420. The van der Waals surface area contributed by atoms with Gasteiger partial charge in [0.05, 0.1) is 11.0 Å². The van der Waals surface area contributed by atoms with Gasteiger partial charge in [-0.15, -0.1) is 0 Å². The van der Waals surface area contributed by atoms with Gasteiger partial charge in [0.25, 0.3) is 0 Å². The van der Waals surface area contributed by atoms with Crippen molar-refractivity contribution in [1.29, 1.82) is 0 Å². The molecule has 0 N–H and O–H groups in total. The highest BCUT2D eigenvalue weighted by Crippen LogP contribution is 2.51. The van der Waals surface area contributed by atoms with Crippen molar-refractivity contribution in [3.8, 4) is 16.8 Å². The van der Waals surface area contributed by atoms with Gasteiger partial charge in [-0.3, -0.25) is 0 Å². The molecule has 0 saturated carbocycles. The van der Waals surface area contributed by atoms with Crippen LogP contribution in [0.3, 0.4) is 0 Å². The molecular formula is C28H23N. The van der Waals surface area contributed by atoms with Gasteiger partial charge in [0.1, 0.15) is 0 Å². The lowest BCUT2D eigenvalue weighted by atomic mass is 9.82. The summed E-state index contributed by atoms with van der Waals surface area (Å²) in [6.07, 6.45) is 0.